The first-order valence-corrected chi connectivity index (χ1v) is 5.36. The summed E-state index contributed by atoms with van der Waals surface area (Å²) in [5, 5.41) is 13.4. The number of hydrogen-bond acceptors (Lipinski definition) is 2. The van der Waals surface area contributed by atoms with Crippen LogP contribution in [0.25, 0.3) is 0 Å². The first kappa shape index (κ1) is 11.7. The van der Waals surface area contributed by atoms with Crippen molar-refractivity contribution in [1.82, 2.24) is 5.01 Å². The molecule has 1 aliphatic heterocycles. The molecule has 0 amide bonds. The third-order valence-electron chi connectivity index (χ3n) is 2.56. The lowest BCUT2D eigenvalue weighted by atomic mass is 10.1. The summed E-state index contributed by atoms with van der Waals surface area (Å²) in [6.45, 7) is 8.39. The van der Waals surface area contributed by atoms with Gasteiger partial charge in [0.15, 0.2) is 0 Å². The fraction of sp³-hybridized carbons (Fsp3) is 0.500. The number of nitrogens with one attached hydrogen (secondary N) is 1. The Hall–Kier alpha value is -1.38. The molecule has 0 unspecified atom stereocenters. The van der Waals surface area contributed by atoms with Crippen LogP contribution in [-0.2, 0) is 0 Å². The third-order valence-corrected chi connectivity index (χ3v) is 2.56. The van der Waals surface area contributed by atoms with Crippen LogP contribution in [0, 0.1) is 11.3 Å². The van der Waals surface area contributed by atoms with Gasteiger partial charge >= 0.3 is 0 Å². The minimum atomic E-state index is 0.396. The second-order valence-corrected chi connectivity index (χ2v) is 4.01. The van der Waals surface area contributed by atoms with Crippen LogP contribution < -0.4 is 0 Å². The van der Waals surface area contributed by atoms with Gasteiger partial charge in [-0.1, -0.05) is 20.8 Å². The Labute approximate surface area is 91.7 Å². The highest BCUT2D eigenvalue weighted by molar-refractivity contribution is 5.98. The highest BCUT2D eigenvalue weighted by Gasteiger charge is 2.13. The molecule has 0 atom stereocenters. The molecule has 0 spiro atoms. The lowest BCUT2D eigenvalue weighted by molar-refractivity contribution is 0.559. The van der Waals surface area contributed by atoms with Gasteiger partial charge in [0.25, 0.3) is 0 Å². The second kappa shape index (κ2) is 4.91. The molecule has 3 heteroatoms. The van der Waals surface area contributed by atoms with Crippen LogP contribution in [0.1, 0.15) is 34.1 Å². The lowest BCUT2D eigenvalue weighted by Gasteiger charge is -2.22. The van der Waals surface area contributed by atoms with E-state index in [1.807, 2.05) is 12.2 Å². The Kier molecular flexibility index (Phi) is 3.83. The molecule has 1 N–H and O–H groups in total. The van der Waals surface area contributed by atoms with Gasteiger partial charge in [-0.15, -0.1) is 0 Å². The normalized spacial score (nSPS) is 19.3. The van der Waals surface area contributed by atoms with E-state index < -0.39 is 0 Å². The van der Waals surface area contributed by atoms with Crippen molar-refractivity contribution in [3.63, 3.8) is 0 Å². The van der Waals surface area contributed by atoms with Crippen molar-refractivity contribution in [2.24, 2.45) is 11.0 Å². The van der Waals surface area contributed by atoms with E-state index in [-0.39, 0.29) is 0 Å². The van der Waals surface area contributed by atoms with E-state index in [4.69, 9.17) is 5.41 Å². The van der Waals surface area contributed by atoms with Gasteiger partial charge in [0.2, 0.25) is 0 Å². The van der Waals surface area contributed by atoms with E-state index in [2.05, 4.69) is 32.8 Å². The van der Waals surface area contributed by atoms with E-state index in [9.17, 15) is 0 Å². The van der Waals surface area contributed by atoms with Crippen LogP contribution in [0.3, 0.4) is 0 Å². The third kappa shape index (κ3) is 2.55. The predicted molar refractivity (Wildman–Crippen MR) is 65.0 cm³/mol. The SMILES string of the molecule is CC/C(C)=C1\C=CC(C(C)C)=NN1C=N. The van der Waals surface area contributed by atoms with Crippen molar-refractivity contribution < 1.29 is 0 Å². The molecule has 0 bridgehead atoms. The zero-order chi connectivity index (χ0) is 11.4. The minimum Gasteiger partial charge on any atom is -0.289 e. The molecule has 0 aromatic heterocycles. The summed E-state index contributed by atoms with van der Waals surface area (Å²) in [6.07, 6.45) is 6.34. The van der Waals surface area contributed by atoms with Crippen molar-refractivity contribution in [2.75, 3.05) is 0 Å². The molecule has 0 aromatic rings. The van der Waals surface area contributed by atoms with Gasteiger partial charge in [-0.25, -0.2) is 5.01 Å². The first-order valence-electron chi connectivity index (χ1n) is 5.36. The summed E-state index contributed by atoms with van der Waals surface area (Å²) < 4.78 is 0. The fourth-order valence-electron chi connectivity index (χ4n) is 1.38. The van der Waals surface area contributed by atoms with Crippen LogP contribution >= 0.6 is 0 Å². The number of hydrogen-bond donors (Lipinski definition) is 1. The zero-order valence-corrected chi connectivity index (χ0v) is 9.91. The number of hydrazone groups is 1. The molecule has 3 nitrogen and oxygen atoms in total. The van der Waals surface area contributed by atoms with E-state index in [1.165, 1.54) is 11.9 Å². The molecular formula is C12H19N3. The van der Waals surface area contributed by atoms with Crippen LogP contribution in [0.5, 0.6) is 0 Å². The van der Waals surface area contributed by atoms with E-state index >= 15 is 0 Å². The Bertz CT molecular complexity index is 335. The average Bonchev–Trinajstić information content (AvgIpc) is 2.27. The highest BCUT2D eigenvalue weighted by atomic mass is 15.5. The molecule has 0 saturated heterocycles. The molecule has 1 aliphatic rings. The molecule has 1 rings (SSSR count). The van der Waals surface area contributed by atoms with Gasteiger partial charge in [0, 0.05) is 0 Å². The number of allylic oxidation sites excluding steroid dienone is 3. The lowest BCUT2D eigenvalue weighted by Crippen LogP contribution is -2.22. The van der Waals surface area contributed by atoms with Gasteiger partial charge in [0.05, 0.1) is 11.4 Å². The first-order chi connectivity index (χ1) is 7.10. The van der Waals surface area contributed by atoms with Crippen LogP contribution in [0.2, 0.25) is 0 Å². The standard InChI is InChI=1S/C12H19N3/c1-5-10(4)12-7-6-11(9(2)3)14-15(12)8-13/h6-9,13H,5H2,1-4H3/b12-10+,13-8?. The fourth-order valence-corrected chi connectivity index (χ4v) is 1.38. The molecule has 0 aromatic carbocycles. The van der Waals surface area contributed by atoms with E-state index in [0.717, 1.165) is 17.8 Å². The highest BCUT2D eigenvalue weighted by Crippen LogP contribution is 2.19. The second-order valence-electron chi connectivity index (χ2n) is 4.01. The quantitative estimate of drug-likeness (QED) is 0.558. The summed E-state index contributed by atoms with van der Waals surface area (Å²) in [5.74, 6) is 0.396. The molecule has 82 valence electrons. The van der Waals surface area contributed by atoms with Crippen LogP contribution in [0.15, 0.2) is 28.5 Å². The van der Waals surface area contributed by atoms with E-state index in [1.54, 1.807) is 5.01 Å². The van der Waals surface area contributed by atoms with Gasteiger partial charge in [-0.2, -0.15) is 5.10 Å². The van der Waals surface area contributed by atoms with Gasteiger partial charge in [0.1, 0.15) is 6.34 Å². The van der Waals surface area contributed by atoms with Crippen LogP contribution in [-0.4, -0.2) is 17.1 Å². The Balaban J connectivity index is 3.04. The average molecular weight is 205 g/mol. The Morgan fingerprint density at radius 3 is 2.67 bits per heavy atom. The minimum absolute atomic E-state index is 0.396. The summed E-state index contributed by atoms with van der Waals surface area (Å²) in [6, 6.07) is 0. The van der Waals surface area contributed by atoms with Gasteiger partial charge in [-0.3, -0.25) is 5.41 Å². The summed E-state index contributed by atoms with van der Waals surface area (Å²) >= 11 is 0. The smallest absolute Gasteiger partial charge is 0.109 e. The number of nitrogens with zero attached hydrogens (tertiary/aromatic N) is 2. The largest absolute Gasteiger partial charge is 0.289 e. The summed E-state index contributed by atoms with van der Waals surface area (Å²) in [5.41, 5.74) is 3.30. The number of rotatable bonds is 3. The molecule has 0 saturated carbocycles. The summed E-state index contributed by atoms with van der Waals surface area (Å²) in [4.78, 5) is 0. The predicted octanol–water partition coefficient (Wildman–Crippen LogP) is 3.16. The monoisotopic (exact) mass is 205 g/mol. The van der Waals surface area contributed by atoms with E-state index in [0.29, 0.717) is 5.92 Å². The van der Waals surface area contributed by atoms with Crippen LogP contribution in [0.4, 0.5) is 0 Å². The van der Waals surface area contributed by atoms with Crippen molar-refractivity contribution in [3.8, 4) is 0 Å². The van der Waals surface area contributed by atoms with Crippen molar-refractivity contribution in [2.45, 2.75) is 34.1 Å². The molecule has 15 heavy (non-hydrogen) atoms. The maximum Gasteiger partial charge on any atom is 0.109 e. The molecule has 0 aliphatic carbocycles. The Morgan fingerprint density at radius 2 is 2.20 bits per heavy atom. The Morgan fingerprint density at radius 1 is 1.53 bits per heavy atom. The van der Waals surface area contributed by atoms with Crippen molar-refractivity contribution in [1.29, 1.82) is 5.41 Å². The maximum absolute atomic E-state index is 7.35. The molecule has 0 radical (unpaired) electrons. The molecule has 0 fully saturated rings. The van der Waals surface area contributed by atoms with Crippen molar-refractivity contribution >= 4 is 12.1 Å². The van der Waals surface area contributed by atoms with Gasteiger partial charge in [-0.05, 0) is 37.0 Å². The van der Waals surface area contributed by atoms with Crippen molar-refractivity contribution in [3.05, 3.63) is 23.4 Å². The maximum atomic E-state index is 7.35. The van der Waals surface area contributed by atoms with Gasteiger partial charge < -0.3 is 0 Å². The zero-order valence-electron chi connectivity index (χ0n) is 9.91. The topological polar surface area (TPSA) is 39.5 Å². The molecular weight excluding hydrogens is 186 g/mol. The molecule has 1 heterocycles. The summed E-state index contributed by atoms with van der Waals surface area (Å²) in [7, 11) is 0.